The molecular formula is C23H23NO6. The highest BCUT2D eigenvalue weighted by Gasteiger charge is 2.38. The number of nitrogens with zero attached hydrogens (tertiary/aromatic N) is 1. The van der Waals surface area contributed by atoms with Crippen LogP contribution < -0.4 is 0 Å². The van der Waals surface area contributed by atoms with Crippen LogP contribution in [0, 0.1) is 5.92 Å². The molecule has 2 atom stereocenters. The molecule has 0 bridgehead atoms. The topological polar surface area (TPSA) is 104 Å². The Morgan fingerprint density at radius 1 is 0.967 bits per heavy atom. The van der Waals surface area contributed by atoms with E-state index < -0.39 is 24.1 Å². The molecule has 156 valence electrons. The molecule has 1 saturated heterocycles. The Morgan fingerprint density at radius 2 is 1.57 bits per heavy atom. The van der Waals surface area contributed by atoms with Crippen LogP contribution in [0.15, 0.2) is 48.5 Å². The predicted molar refractivity (Wildman–Crippen MR) is 108 cm³/mol. The number of likely N-dealkylation sites (tertiary alicyclic amines) is 1. The quantitative estimate of drug-likeness (QED) is 0.782. The lowest BCUT2D eigenvalue weighted by atomic mass is 9.88. The summed E-state index contributed by atoms with van der Waals surface area (Å²) >= 11 is 0. The van der Waals surface area contributed by atoms with Crippen LogP contribution in [0.25, 0.3) is 11.1 Å². The van der Waals surface area contributed by atoms with E-state index in [2.05, 4.69) is 0 Å². The molecule has 2 aromatic rings. The highest BCUT2D eigenvalue weighted by atomic mass is 16.6. The van der Waals surface area contributed by atoms with Gasteiger partial charge in [0.1, 0.15) is 12.6 Å². The maximum atomic E-state index is 12.7. The molecule has 2 aromatic carbocycles. The predicted octanol–water partition coefficient (Wildman–Crippen LogP) is 3.58. The van der Waals surface area contributed by atoms with Gasteiger partial charge in [-0.25, -0.2) is 9.59 Å². The van der Waals surface area contributed by atoms with Gasteiger partial charge in [0.05, 0.1) is 0 Å². The van der Waals surface area contributed by atoms with E-state index in [-0.39, 0.29) is 37.8 Å². The van der Waals surface area contributed by atoms with Gasteiger partial charge in [-0.15, -0.1) is 0 Å². The van der Waals surface area contributed by atoms with Gasteiger partial charge in [0.15, 0.2) is 0 Å². The van der Waals surface area contributed by atoms with Crippen LogP contribution in [0.2, 0.25) is 0 Å². The number of fused-ring (bicyclic) bond motifs is 3. The van der Waals surface area contributed by atoms with Gasteiger partial charge in [-0.2, -0.15) is 0 Å². The normalized spacial score (nSPS) is 20.3. The molecule has 2 aliphatic rings. The Kier molecular flexibility index (Phi) is 5.44. The number of ether oxygens (including phenoxy) is 1. The summed E-state index contributed by atoms with van der Waals surface area (Å²) in [6.07, 6.45) is -0.202. The second-order valence-electron chi connectivity index (χ2n) is 7.84. The van der Waals surface area contributed by atoms with Gasteiger partial charge in [-0.05, 0) is 41.0 Å². The number of carbonyl (C=O) groups excluding carboxylic acids is 1. The summed E-state index contributed by atoms with van der Waals surface area (Å²) in [6, 6.07) is 14.9. The number of amides is 1. The molecular weight excluding hydrogens is 386 g/mol. The number of piperidine rings is 1. The molecule has 7 heteroatoms. The largest absolute Gasteiger partial charge is 0.481 e. The van der Waals surface area contributed by atoms with Crippen LogP contribution in [-0.4, -0.2) is 52.3 Å². The third-order valence-electron chi connectivity index (χ3n) is 6.03. The minimum Gasteiger partial charge on any atom is -0.481 e. The summed E-state index contributed by atoms with van der Waals surface area (Å²) in [5.74, 6) is -2.47. The maximum absolute atomic E-state index is 12.7. The van der Waals surface area contributed by atoms with Crippen LogP contribution in [0.4, 0.5) is 4.79 Å². The molecule has 1 amide bonds. The minimum absolute atomic E-state index is 0.0949. The number of benzene rings is 2. The van der Waals surface area contributed by atoms with Crippen molar-refractivity contribution < 1.29 is 29.3 Å². The smallest absolute Gasteiger partial charge is 0.410 e. The van der Waals surface area contributed by atoms with Crippen LogP contribution in [0.5, 0.6) is 0 Å². The summed E-state index contributed by atoms with van der Waals surface area (Å²) < 4.78 is 5.58. The van der Waals surface area contributed by atoms with Crippen LogP contribution in [0.3, 0.4) is 0 Å². The summed E-state index contributed by atoms with van der Waals surface area (Å²) in [5.41, 5.74) is 4.40. The zero-order valence-corrected chi connectivity index (χ0v) is 16.4. The summed E-state index contributed by atoms with van der Waals surface area (Å²) in [4.78, 5) is 36.6. The lowest BCUT2D eigenvalue weighted by Crippen LogP contribution is -2.50. The Bertz CT molecular complexity index is 942. The van der Waals surface area contributed by atoms with E-state index in [4.69, 9.17) is 9.84 Å². The van der Waals surface area contributed by atoms with E-state index in [1.807, 2.05) is 48.5 Å². The van der Waals surface area contributed by atoms with E-state index in [1.54, 1.807) is 0 Å². The first-order valence-corrected chi connectivity index (χ1v) is 10.0. The van der Waals surface area contributed by atoms with Gasteiger partial charge >= 0.3 is 18.0 Å². The minimum atomic E-state index is -1.14. The first kappa shape index (κ1) is 19.9. The van der Waals surface area contributed by atoms with E-state index in [9.17, 15) is 19.5 Å². The van der Waals surface area contributed by atoms with Crippen molar-refractivity contribution >= 4 is 18.0 Å². The second kappa shape index (κ2) is 8.18. The molecule has 1 aliphatic carbocycles. The molecule has 1 unspecified atom stereocenters. The van der Waals surface area contributed by atoms with Gasteiger partial charge in [-0.1, -0.05) is 48.5 Å². The van der Waals surface area contributed by atoms with Gasteiger partial charge < -0.3 is 14.9 Å². The first-order chi connectivity index (χ1) is 14.5. The van der Waals surface area contributed by atoms with E-state index in [1.165, 1.54) is 4.90 Å². The Hall–Kier alpha value is -3.35. The van der Waals surface area contributed by atoms with Crippen molar-refractivity contribution in [3.8, 4) is 11.1 Å². The monoisotopic (exact) mass is 409 g/mol. The molecule has 1 heterocycles. The van der Waals surface area contributed by atoms with E-state index in [0.717, 1.165) is 22.3 Å². The molecule has 4 rings (SSSR count). The summed E-state index contributed by atoms with van der Waals surface area (Å²) in [7, 11) is 0. The number of rotatable bonds is 5. The van der Waals surface area contributed by atoms with Crippen molar-refractivity contribution in [2.24, 2.45) is 5.92 Å². The number of hydrogen-bond acceptors (Lipinski definition) is 4. The Balaban J connectivity index is 1.47. The van der Waals surface area contributed by atoms with Gasteiger partial charge in [-0.3, -0.25) is 9.69 Å². The third-order valence-corrected chi connectivity index (χ3v) is 6.03. The number of aliphatic carboxylic acids is 2. The van der Waals surface area contributed by atoms with Gasteiger partial charge in [0.2, 0.25) is 0 Å². The van der Waals surface area contributed by atoms with Crippen molar-refractivity contribution in [2.45, 2.75) is 31.2 Å². The standard InChI is InChI=1S/C23H23NO6/c25-21(26)12-14-9-10-24(20(11-14)22(27)28)23(29)30-13-19-17-7-3-1-5-15(17)16-6-2-4-8-18(16)19/h1-8,14,19-20H,9-13H2,(H,25,26)(H,27,28)/t14?,20-/m0/s1. The van der Waals surface area contributed by atoms with Crippen molar-refractivity contribution in [3.63, 3.8) is 0 Å². The molecule has 30 heavy (non-hydrogen) atoms. The number of carboxylic acid groups (broad SMARTS) is 2. The average molecular weight is 409 g/mol. The number of carbonyl (C=O) groups is 3. The maximum Gasteiger partial charge on any atom is 0.410 e. The van der Waals surface area contributed by atoms with Crippen molar-refractivity contribution in [3.05, 3.63) is 59.7 Å². The van der Waals surface area contributed by atoms with Crippen LogP contribution in [0.1, 0.15) is 36.3 Å². The van der Waals surface area contributed by atoms with Crippen LogP contribution in [-0.2, 0) is 14.3 Å². The van der Waals surface area contributed by atoms with Gasteiger partial charge in [0.25, 0.3) is 0 Å². The first-order valence-electron chi connectivity index (χ1n) is 10.0. The van der Waals surface area contributed by atoms with Crippen molar-refractivity contribution in [1.29, 1.82) is 0 Å². The summed E-state index contributed by atoms with van der Waals surface area (Å²) in [6.45, 7) is 0.292. The Labute approximate surface area is 173 Å². The average Bonchev–Trinajstić information content (AvgIpc) is 3.05. The van der Waals surface area contributed by atoms with Crippen molar-refractivity contribution in [2.75, 3.05) is 13.2 Å². The van der Waals surface area contributed by atoms with E-state index in [0.29, 0.717) is 6.42 Å². The second-order valence-corrected chi connectivity index (χ2v) is 7.84. The molecule has 1 aliphatic heterocycles. The zero-order valence-electron chi connectivity index (χ0n) is 16.4. The number of carboxylic acids is 2. The summed E-state index contributed by atoms with van der Waals surface area (Å²) in [5, 5.41) is 18.5. The van der Waals surface area contributed by atoms with E-state index >= 15 is 0 Å². The lowest BCUT2D eigenvalue weighted by molar-refractivity contribution is -0.146. The fourth-order valence-corrected chi connectivity index (χ4v) is 4.60. The molecule has 0 radical (unpaired) electrons. The lowest BCUT2D eigenvalue weighted by Gasteiger charge is -2.36. The Morgan fingerprint density at radius 3 is 2.13 bits per heavy atom. The van der Waals surface area contributed by atoms with Crippen LogP contribution >= 0.6 is 0 Å². The molecule has 2 N–H and O–H groups in total. The van der Waals surface area contributed by atoms with Gasteiger partial charge in [0, 0.05) is 18.9 Å². The molecule has 1 fully saturated rings. The SMILES string of the molecule is O=C(O)CC1CCN(C(=O)OCC2c3ccccc3-c3ccccc32)[C@H](C(=O)O)C1. The number of hydrogen-bond donors (Lipinski definition) is 2. The zero-order chi connectivity index (χ0) is 21.3. The fraction of sp³-hybridized carbons (Fsp3) is 0.348. The highest BCUT2D eigenvalue weighted by Crippen LogP contribution is 2.44. The highest BCUT2D eigenvalue weighted by molar-refractivity contribution is 5.81. The molecule has 0 aromatic heterocycles. The van der Waals surface area contributed by atoms with Crippen molar-refractivity contribution in [1.82, 2.24) is 4.90 Å². The third kappa shape index (κ3) is 3.75. The fourth-order valence-electron chi connectivity index (χ4n) is 4.60. The molecule has 0 spiro atoms. The molecule has 0 saturated carbocycles. The molecule has 7 nitrogen and oxygen atoms in total.